The summed E-state index contributed by atoms with van der Waals surface area (Å²) in [5.74, 6) is -2.44. The van der Waals surface area contributed by atoms with Crippen LogP contribution in [0.4, 0.5) is 0 Å². The van der Waals surface area contributed by atoms with Crippen LogP contribution >= 0.6 is 0 Å². The number of amides is 3. The SMILES string of the molecule is CC(=O)N[C@H]1[C@H](O[C@H]2[C@H](O)[C@@H](CO[C@H]3O[C@H](CO)[C@@H](O)[C@H](O)[C@@H]3O)O[C@@H](O[C@H]3[C@H](O)[C@@H](CO)O[C@@H](O[C@H]4[C@H](O)[C@H](O)[C@H](O)O[C@@H]4CO)[C@@H]3NC(C)=O)[C@@H]2NC(C)=O)O[C@H](CO)[C@@H](O)[C@@H]1O. The van der Waals surface area contributed by atoms with Crippen LogP contribution in [0.3, 0.4) is 0 Å². The minimum atomic E-state index is -2.02. The molecular formula is C36H61N3O26. The Kier molecular flexibility index (Phi) is 19.1. The third-order valence-corrected chi connectivity index (χ3v) is 11.5. The summed E-state index contributed by atoms with van der Waals surface area (Å²) in [4.78, 5) is 37.9. The van der Waals surface area contributed by atoms with E-state index in [-0.39, 0.29) is 0 Å². The highest BCUT2D eigenvalue weighted by molar-refractivity contribution is 5.74. The van der Waals surface area contributed by atoms with Crippen molar-refractivity contribution >= 4 is 17.7 Å². The molecule has 5 aliphatic rings. The lowest BCUT2D eigenvalue weighted by atomic mass is 9.93. The summed E-state index contributed by atoms with van der Waals surface area (Å²) in [6, 6.07) is -5.12. The molecule has 0 aromatic carbocycles. The lowest BCUT2D eigenvalue weighted by molar-refractivity contribution is -0.367. The molecule has 25 atom stereocenters. The maximum atomic E-state index is 12.9. The van der Waals surface area contributed by atoms with Gasteiger partial charge in [-0.15, -0.1) is 0 Å². The highest BCUT2D eigenvalue weighted by Crippen LogP contribution is 2.35. The van der Waals surface area contributed by atoms with Crippen molar-refractivity contribution in [2.45, 2.75) is 174 Å². The van der Waals surface area contributed by atoms with Crippen molar-refractivity contribution in [2.24, 2.45) is 0 Å². The van der Waals surface area contributed by atoms with E-state index in [9.17, 15) is 85.9 Å². The van der Waals surface area contributed by atoms with Gasteiger partial charge < -0.3 is 130 Å². The molecule has 5 rings (SSSR count). The van der Waals surface area contributed by atoms with E-state index in [0.717, 1.165) is 20.8 Å². The van der Waals surface area contributed by atoms with Crippen LogP contribution in [0, 0.1) is 0 Å². The van der Waals surface area contributed by atoms with Crippen molar-refractivity contribution < 1.29 is 129 Å². The van der Waals surface area contributed by atoms with Crippen LogP contribution < -0.4 is 16.0 Å². The highest BCUT2D eigenvalue weighted by atomic mass is 16.8. The third kappa shape index (κ3) is 12.0. The topological polar surface area (TPSA) is 454 Å². The Balaban J connectivity index is 1.55. The van der Waals surface area contributed by atoms with E-state index >= 15 is 0 Å². The number of hydrogen-bond donors (Lipinski definition) is 17. The predicted octanol–water partition coefficient (Wildman–Crippen LogP) is -11.5. The lowest BCUT2D eigenvalue weighted by Gasteiger charge is -2.51. The number of nitrogens with one attached hydrogen (secondary N) is 3. The summed E-state index contributed by atoms with van der Waals surface area (Å²) < 4.78 is 52.2. The highest BCUT2D eigenvalue weighted by Gasteiger charge is 2.57. The zero-order valence-electron chi connectivity index (χ0n) is 35.1. The molecule has 29 nitrogen and oxygen atoms in total. The second-order valence-electron chi connectivity index (χ2n) is 16.2. The zero-order valence-corrected chi connectivity index (χ0v) is 35.1. The van der Waals surface area contributed by atoms with Gasteiger partial charge in [-0.25, -0.2) is 0 Å². The van der Waals surface area contributed by atoms with Crippen molar-refractivity contribution in [3.8, 4) is 0 Å². The first kappa shape index (κ1) is 53.4. The van der Waals surface area contributed by atoms with Crippen molar-refractivity contribution in [3.63, 3.8) is 0 Å². The smallest absolute Gasteiger partial charge is 0.217 e. The number of carbonyl (C=O) groups excluding carboxylic acids is 3. The van der Waals surface area contributed by atoms with Gasteiger partial charge in [-0.3, -0.25) is 14.4 Å². The van der Waals surface area contributed by atoms with Crippen LogP contribution in [0.2, 0.25) is 0 Å². The van der Waals surface area contributed by atoms with Crippen LogP contribution in [0.25, 0.3) is 0 Å². The Morgan fingerprint density at radius 1 is 0.400 bits per heavy atom. The standard InChI is InChI=1S/C36H61N3O26/c1-9(44)37-17-24(51)20(47)12(4-40)59-33(17)64-31-19(39-11(3)46)35(62-16(23(31)50)8-57-36-28(55)25(52)21(48)13(5-41)61-36)65-30-18(38-10(2)45)34(60-14(6-42)22(30)49)63-29-15(7-43)58-32(56)27(54)26(29)53/h12-36,40-43,47-56H,4-8H2,1-3H3,(H,37,44)(H,38,45)(H,39,46)/t12-,13-,14-,15-,16-,17-,18-,19-,20-,21-,22-,23-,24-,25+,26-,27+,28+,29-,30-,31-,32-,33+,34+,35+,36+/m1/s1. The fraction of sp³-hybridized carbons (Fsp3) is 0.917. The molecule has 0 bridgehead atoms. The largest absolute Gasteiger partial charge is 0.394 e. The molecular weight excluding hydrogens is 890 g/mol. The number of ether oxygens (including phenoxy) is 9. The van der Waals surface area contributed by atoms with Gasteiger partial charge in [-0.05, 0) is 0 Å². The molecule has 0 spiro atoms. The van der Waals surface area contributed by atoms with Gasteiger partial charge in [0.25, 0.3) is 0 Å². The van der Waals surface area contributed by atoms with Gasteiger partial charge in [-0.1, -0.05) is 0 Å². The Labute approximate surface area is 369 Å². The molecule has 0 aromatic rings. The fourth-order valence-corrected chi connectivity index (χ4v) is 8.14. The summed E-state index contributed by atoms with van der Waals surface area (Å²) in [6.45, 7) is -1.39. The molecule has 376 valence electrons. The molecule has 65 heavy (non-hydrogen) atoms. The van der Waals surface area contributed by atoms with Gasteiger partial charge >= 0.3 is 0 Å². The first-order valence-corrected chi connectivity index (χ1v) is 20.6. The number of aliphatic hydroxyl groups is 14. The summed E-state index contributed by atoms with van der Waals surface area (Å²) in [5.41, 5.74) is 0. The summed E-state index contributed by atoms with van der Waals surface area (Å²) in [7, 11) is 0. The van der Waals surface area contributed by atoms with E-state index < -0.39 is 204 Å². The molecule has 5 saturated heterocycles. The molecule has 5 heterocycles. The molecule has 29 heteroatoms. The second-order valence-corrected chi connectivity index (χ2v) is 16.2. The maximum Gasteiger partial charge on any atom is 0.217 e. The monoisotopic (exact) mass is 951 g/mol. The van der Waals surface area contributed by atoms with Gasteiger partial charge in [0.05, 0.1) is 33.0 Å². The maximum absolute atomic E-state index is 12.9. The number of aliphatic hydroxyl groups excluding tert-OH is 14. The molecule has 3 amide bonds. The van der Waals surface area contributed by atoms with Crippen LogP contribution in [0.1, 0.15) is 20.8 Å². The Morgan fingerprint density at radius 3 is 1.26 bits per heavy atom. The van der Waals surface area contributed by atoms with E-state index in [1.165, 1.54) is 0 Å². The average molecular weight is 952 g/mol. The van der Waals surface area contributed by atoms with E-state index in [1.807, 2.05) is 0 Å². The zero-order chi connectivity index (χ0) is 48.2. The van der Waals surface area contributed by atoms with Crippen molar-refractivity contribution in [1.29, 1.82) is 0 Å². The van der Waals surface area contributed by atoms with Gasteiger partial charge in [0.1, 0.15) is 122 Å². The van der Waals surface area contributed by atoms with Crippen LogP contribution in [-0.2, 0) is 57.0 Å². The number of hydrogen-bond acceptors (Lipinski definition) is 26. The molecule has 0 aliphatic carbocycles. The second kappa shape index (κ2) is 23.2. The van der Waals surface area contributed by atoms with Crippen molar-refractivity contribution in [1.82, 2.24) is 16.0 Å². The summed E-state index contributed by atoms with van der Waals surface area (Å²) in [6.07, 6.45) is -40.3. The fourth-order valence-electron chi connectivity index (χ4n) is 8.14. The third-order valence-electron chi connectivity index (χ3n) is 11.5. The summed E-state index contributed by atoms with van der Waals surface area (Å²) >= 11 is 0. The summed E-state index contributed by atoms with van der Waals surface area (Å²) in [5, 5.41) is 155. The van der Waals surface area contributed by atoms with Gasteiger partial charge in [0.15, 0.2) is 31.5 Å². The van der Waals surface area contributed by atoms with Gasteiger partial charge in [0, 0.05) is 20.8 Å². The quantitative estimate of drug-likeness (QED) is 0.0683. The Bertz CT molecular complexity index is 1550. The van der Waals surface area contributed by atoms with Crippen LogP contribution in [-0.4, -0.2) is 276 Å². The Morgan fingerprint density at radius 2 is 0.785 bits per heavy atom. The lowest BCUT2D eigenvalue weighted by Crippen LogP contribution is -2.72. The first-order valence-electron chi connectivity index (χ1n) is 20.6. The minimum Gasteiger partial charge on any atom is -0.394 e. The van der Waals surface area contributed by atoms with Crippen LogP contribution in [0.15, 0.2) is 0 Å². The van der Waals surface area contributed by atoms with Crippen LogP contribution in [0.5, 0.6) is 0 Å². The predicted molar refractivity (Wildman–Crippen MR) is 201 cm³/mol. The number of rotatable bonds is 16. The van der Waals surface area contributed by atoms with E-state index in [0.29, 0.717) is 0 Å². The van der Waals surface area contributed by atoms with Crippen molar-refractivity contribution in [2.75, 3.05) is 33.0 Å². The molecule has 0 saturated carbocycles. The molecule has 5 aliphatic heterocycles. The van der Waals surface area contributed by atoms with Gasteiger partial charge in [-0.2, -0.15) is 0 Å². The molecule has 17 N–H and O–H groups in total. The normalized spacial score (nSPS) is 47.1. The first-order chi connectivity index (χ1) is 30.7. The molecule has 0 unspecified atom stereocenters. The average Bonchev–Trinajstić information content (AvgIpc) is 3.25. The van der Waals surface area contributed by atoms with E-state index in [4.69, 9.17) is 42.6 Å². The van der Waals surface area contributed by atoms with E-state index in [2.05, 4.69) is 16.0 Å². The van der Waals surface area contributed by atoms with Gasteiger partial charge in [0.2, 0.25) is 17.7 Å². The van der Waals surface area contributed by atoms with E-state index in [1.54, 1.807) is 0 Å². The minimum absolute atomic E-state index is 0.769. The molecule has 5 fully saturated rings. The molecule has 0 aromatic heterocycles. The van der Waals surface area contributed by atoms with Crippen molar-refractivity contribution in [3.05, 3.63) is 0 Å². The number of carbonyl (C=O) groups is 3. The molecule has 0 radical (unpaired) electrons. The Hall–Kier alpha value is -2.51.